The van der Waals surface area contributed by atoms with Gasteiger partial charge < -0.3 is 15.5 Å². The van der Waals surface area contributed by atoms with E-state index in [0.717, 1.165) is 6.42 Å². The molecule has 0 spiro atoms. The average Bonchev–Trinajstić information content (AvgIpc) is 2.79. The molecule has 1 unspecified atom stereocenters. The first-order valence-electron chi connectivity index (χ1n) is 7.50. The number of nitrogens with one attached hydrogen (secondary N) is 1. The second kappa shape index (κ2) is 9.73. The van der Waals surface area contributed by atoms with E-state index < -0.39 is 30.1 Å². The summed E-state index contributed by atoms with van der Waals surface area (Å²) in [7, 11) is 0. The van der Waals surface area contributed by atoms with Gasteiger partial charge in [0.15, 0.2) is 5.78 Å². The minimum absolute atomic E-state index is 0.307. The van der Waals surface area contributed by atoms with Crippen molar-refractivity contribution >= 4 is 11.7 Å². The van der Waals surface area contributed by atoms with Crippen molar-refractivity contribution < 1.29 is 19.8 Å². The molecule has 0 bridgehead atoms. The van der Waals surface area contributed by atoms with Crippen LogP contribution in [0.15, 0.2) is 47.8 Å². The Morgan fingerprint density at radius 2 is 1.91 bits per heavy atom. The number of rotatable bonds is 8. The summed E-state index contributed by atoms with van der Waals surface area (Å²) in [4.78, 5) is 23.3. The fourth-order valence-corrected chi connectivity index (χ4v) is 2.00. The summed E-state index contributed by atoms with van der Waals surface area (Å²) in [5.74, 6) is -1.64. The summed E-state index contributed by atoms with van der Waals surface area (Å²) >= 11 is 0. The summed E-state index contributed by atoms with van der Waals surface area (Å²) in [5, 5.41) is 21.0. The highest BCUT2D eigenvalue weighted by atomic mass is 16.3. The topological polar surface area (TPSA) is 86.6 Å². The highest BCUT2D eigenvalue weighted by Crippen LogP contribution is 2.14. The lowest BCUT2D eigenvalue weighted by Crippen LogP contribution is -2.32. The summed E-state index contributed by atoms with van der Waals surface area (Å²) < 4.78 is 0. The van der Waals surface area contributed by atoms with Crippen LogP contribution in [0, 0.1) is 0 Å². The lowest BCUT2D eigenvalue weighted by molar-refractivity contribution is -0.117. The molecule has 0 aliphatic carbocycles. The number of unbranched alkanes of at least 4 members (excludes halogenated alkanes) is 3. The van der Waals surface area contributed by atoms with Crippen molar-refractivity contribution in [2.24, 2.45) is 0 Å². The largest absolute Gasteiger partial charge is 0.507 e. The number of ketones is 1. The second-order valence-electron chi connectivity index (χ2n) is 5.00. The number of carbonyl (C=O) groups excluding carboxylic acids is 2. The van der Waals surface area contributed by atoms with Crippen LogP contribution in [0.5, 0.6) is 0 Å². The molecular weight excluding hydrogens is 282 g/mol. The van der Waals surface area contributed by atoms with Gasteiger partial charge in [-0.2, -0.15) is 0 Å². The first kappa shape index (κ1) is 17.9. The Hall–Kier alpha value is -2.14. The van der Waals surface area contributed by atoms with Crippen LogP contribution in [-0.2, 0) is 9.59 Å². The van der Waals surface area contributed by atoms with Gasteiger partial charge in [-0.05, 0) is 18.9 Å². The zero-order valence-corrected chi connectivity index (χ0v) is 12.8. The first-order valence-corrected chi connectivity index (χ1v) is 7.50. The Bertz CT molecular complexity index is 515. The van der Waals surface area contributed by atoms with Crippen LogP contribution >= 0.6 is 0 Å². The van der Waals surface area contributed by atoms with E-state index in [2.05, 4.69) is 18.3 Å². The van der Waals surface area contributed by atoms with Crippen LogP contribution in [0.3, 0.4) is 0 Å². The molecule has 1 heterocycles. The standard InChI is InChI=1S/C17H23NO4/c1-2-3-4-5-6-7-8-9-10-11-14(20)15-16(21)13(12-19)18-17(15)22/h6-11,13,19-20H,2-5,12H2,1H3,(H,18,22)/b7-6+,9-8+,11-10+,15-14+. The van der Waals surface area contributed by atoms with Gasteiger partial charge in [0.2, 0.25) is 0 Å². The average molecular weight is 305 g/mol. The van der Waals surface area contributed by atoms with E-state index in [4.69, 9.17) is 5.11 Å². The Morgan fingerprint density at radius 3 is 2.55 bits per heavy atom. The molecule has 5 heteroatoms. The Kier molecular flexibility index (Phi) is 7.92. The first-order chi connectivity index (χ1) is 10.6. The molecule has 0 aromatic heterocycles. The van der Waals surface area contributed by atoms with Gasteiger partial charge in [-0.25, -0.2) is 0 Å². The minimum Gasteiger partial charge on any atom is -0.507 e. The summed E-state index contributed by atoms with van der Waals surface area (Å²) in [6, 6.07) is -0.959. The zero-order valence-electron chi connectivity index (χ0n) is 12.8. The molecule has 0 saturated carbocycles. The number of hydrogen-bond donors (Lipinski definition) is 3. The predicted octanol–water partition coefficient (Wildman–Crippen LogP) is 2.11. The van der Waals surface area contributed by atoms with Crippen molar-refractivity contribution in [2.75, 3.05) is 6.61 Å². The minimum atomic E-state index is -0.959. The molecule has 3 N–H and O–H groups in total. The Morgan fingerprint density at radius 1 is 1.18 bits per heavy atom. The van der Waals surface area contributed by atoms with Crippen molar-refractivity contribution in [3.05, 3.63) is 47.8 Å². The SMILES string of the molecule is CCCCC/C=C/C=C/C=C/C(O)=C1\C(=O)NC(CO)C1=O. The molecule has 0 aromatic rings. The molecule has 1 fully saturated rings. The van der Waals surface area contributed by atoms with Crippen molar-refractivity contribution in [3.8, 4) is 0 Å². The monoisotopic (exact) mass is 305 g/mol. The van der Waals surface area contributed by atoms with Gasteiger partial charge in [0.1, 0.15) is 17.4 Å². The lowest BCUT2D eigenvalue weighted by Gasteiger charge is -2.00. The third kappa shape index (κ3) is 5.33. The molecule has 1 amide bonds. The fraction of sp³-hybridized carbons (Fsp3) is 0.412. The van der Waals surface area contributed by atoms with Gasteiger partial charge in [-0.1, -0.05) is 50.1 Å². The molecule has 120 valence electrons. The van der Waals surface area contributed by atoms with Crippen LogP contribution in [0.1, 0.15) is 32.6 Å². The van der Waals surface area contributed by atoms with E-state index in [0.29, 0.717) is 0 Å². The fourth-order valence-electron chi connectivity index (χ4n) is 2.00. The van der Waals surface area contributed by atoms with Gasteiger partial charge in [0.25, 0.3) is 5.91 Å². The highest BCUT2D eigenvalue weighted by molar-refractivity contribution is 6.27. The number of aliphatic hydroxyl groups excluding tert-OH is 2. The van der Waals surface area contributed by atoms with E-state index in [1.807, 2.05) is 12.2 Å². The maximum atomic E-state index is 11.7. The van der Waals surface area contributed by atoms with Crippen molar-refractivity contribution in [2.45, 2.75) is 38.6 Å². The molecule has 0 radical (unpaired) electrons. The molecule has 1 saturated heterocycles. The van der Waals surface area contributed by atoms with Gasteiger partial charge in [-0.3, -0.25) is 9.59 Å². The molecular formula is C17H23NO4. The van der Waals surface area contributed by atoms with Crippen molar-refractivity contribution in [3.63, 3.8) is 0 Å². The molecule has 0 aromatic carbocycles. The van der Waals surface area contributed by atoms with Gasteiger partial charge in [0.05, 0.1) is 6.61 Å². The number of carbonyl (C=O) groups is 2. The van der Waals surface area contributed by atoms with Crippen LogP contribution in [0.25, 0.3) is 0 Å². The van der Waals surface area contributed by atoms with Crippen LogP contribution in [0.2, 0.25) is 0 Å². The quantitative estimate of drug-likeness (QED) is 0.211. The number of aliphatic hydroxyl groups is 2. The Labute approximate surface area is 130 Å². The highest BCUT2D eigenvalue weighted by Gasteiger charge is 2.37. The maximum Gasteiger partial charge on any atom is 0.259 e. The Balaban J connectivity index is 2.53. The zero-order chi connectivity index (χ0) is 16.4. The van der Waals surface area contributed by atoms with Crippen LogP contribution < -0.4 is 5.32 Å². The predicted molar refractivity (Wildman–Crippen MR) is 85.2 cm³/mol. The summed E-state index contributed by atoms with van der Waals surface area (Å²) in [5.41, 5.74) is -0.307. The van der Waals surface area contributed by atoms with Crippen LogP contribution in [0.4, 0.5) is 0 Å². The molecule has 5 nitrogen and oxygen atoms in total. The third-order valence-corrected chi connectivity index (χ3v) is 3.23. The molecule has 1 atom stereocenters. The number of hydrogen-bond acceptors (Lipinski definition) is 4. The van der Waals surface area contributed by atoms with E-state index in [1.165, 1.54) is 25.3 Å². The van der Waals surface area contributed by atoms with E-state index in [9.17, 15) is 14.7 Å². The van der Waals surface area contributed by atoms with Gasteiger partial charge >= 0.3 is 0 Å². The number of Topliss-reactive ketones (excluding diaryl/α,β-unsaturated/α-hetero) is 1. The van der Waals surface area contributed by atoms with E-state index in [1.54, 1.807) is 12.2 Å². The normalized spacial score (nSPS) is 21.5. The molecule has 1 aliphatic heterocycles. The molecule has 22 heavy (non-hydrogen) atoms. The third-order valence-electron chi connectivity index (χ3n) is 3.23. The maximum absolute atomic E-state index is 11.7. The number of amides is 1. The summed E-state index contributed by atoms with van der Waals surface area (Å²) in [6.45, 7) is 1.68. The van der Waals surface area contributed by atoms with E-state index in [-0.39, 0.29) is 5.57 Å². The smallest absolute Gasteiger partial charge is 0.259 e. The van der Waals surface area contributed by atoms with Crippen molar-refractivity contribution in [1.82, 2.24) is 5.32 Å². The van der Waals surface area contributed by atoms with E-state index >= 15 is 0 Å². The van der Waals surface area contributed by atoms with Crippen molar-refractivity contribution in [1.29, 1.82) is 0 Å². The number of allylic oxidation sites excluding steroid dienone is 6. The molecule has 1 aliphatic rings. The second-order valence-corrected chi connectivity index (χ2v) is 5.00. The summed E-state index contributed by atoms with van der Waals surface area (Å²) in [6.07, 6.45) is 15.0. The van der Waals surface area contributed by atoms with Crippen LogP contribution in [-0.4, -0.2) is 34.6 Å². The molecule has 1 rings (SSSR count). The lowest BCUT2D eigenvalue weighted by atomic mass is 10.1. The van der Waals surface area contributed by atoms with Gasteiger partial charge in [-0.15, -0.1) is 0 Å². The van der Waals surface area contributed by atoms with Gasteiger partial charge in [0, 0.05) is 0 Å².